The van der Waals surface area contributed by atoms with Crippen molar-refractivity contribution in [3.8, 4) is 0 Å². The van der Waals surface area contributed by atoms with Crippen LogP contribution in [0.25, 0.3) is 0 Å². The molecular formula is C21H30N4O2. The standard InChI is InChI=1S/C21H30N4O2/c1-4-27-21(26)20-18-16-24(12-10-17-8-6-5-7-9-17)13-11-19(18)25(22-20)15-14-23(2)3/h5-9H,4,10-16H2,1-3H3. The van der Waals surface area contributed by atoms with Gasteiger partial charge in [0.05, 0.1) is 13.2 Å². The zero-order valence-electron chi connectivity index (χ0n) is 16.6. The van der Waals surface area contributed by atoms with E-state index in [1.165, 1.54) is 11.3 Å². The van der Waals surface area contributed by atoms with Crippen LogP contribution in [0.5, 0.6) is 0 Å². The van der Waals surface area contributed by atoms with Gasteiger partial charge in [0.1, 0.15) is 0 Å². The molecule has 0 spiro atoms. The molecule has 0 amide bonds. The van der Waals surface area contributed by atoms with Crippen LogP contribution in [0, 0.1) is 0 Å². The van der Waals surface area contributed by atoms with E-state index in [4.69, 9.17) is 4.74 Å². The number of ether oxygens (including phenoxy) is 1. The fraction of sp³-hybridized carbons (Fsp3) is 0.524. The van der Waals surface area contributed by atoms with E-state index in [2.05, 4.69) is 39.2 Å². The number of fused-ring (bicyclic) bond motifs is 1. The van der Waals surface area contributed by atoms with Gasteiger partial charge in [-0.3, -0.25) is 9.58 Å². The number of rotatable bonds is 8. The van der Waals surface area contributed by atoms with Crippen LogP contribution >= 0.6 is 0 Å². The Bertz CT molecular complexity index is 755. The van der Waals surface area contributed by atoms with E-state index >= 15 is 0 Å². The molecular weight excluding hydrogens is 340 g/mol. The zero-order valence-corrected chi connectivity index (χ0v) is 16.6. The predicted octanol–water partition coefficient (Wildman–Crippen LogP) is 2.22. The smallest absolute Gasteiger partial charge is 0.359 e. The van der Waals surface area contributed by atoms with Crippen LogP contribution in [0.1, 0.15) is 34.2 Å². The van der Waals surface area contributed by atoms with Crippen molar-refractivity contribution >= 4 is 5.97 Å². The molecule has 1 aliphatic heterocycles. The van der Waals surface area contributed by atoms with E-state index in [1.807, 2.05) is 31.8 Å². The van der Waals surface area contributed by atoms with Gasteiger partial charge in [-0.15, -0.1) is 0 Å². The van der Waals surface area contributed by atoms with Gasteiger partial charge in [0.15, 0.2) is 5.69 Å². The molecule has 0 unspecified atom stereocenters. The maximum absolute atomic E-state index is 12.4. The number of nitrogens with zero attached hydrogens (tertiary/aromatic N) is 4. The van der Waals surface area contributed by atoms with Gasteiger partial charge in [-0.25, -0.2) is 4.79 Å². The molecule has 1 aromatic carbocycles. The van der Waals surface area contributed by atoms with E-state index in [-0.39, 0.29) is 5.97 Å². The van der Waals surface area contributed by atoms with Crippen molar-refractivity contribution in [2.45, 2.75) is 32.9 Å². The molecule has 6 heteroatoms. The normalized spacial score (nSPS) is 14.4. The van der Waals surface area contributed by atoms with Gasteiger partial charge in [0.2, 0.25) is 0 Å². The van der Waals surface area contributed by atoms with Crippen molar-refractivity contribution in [3.05, 3.63) is 52.8 Å². The third kappa shape index (κ3) is 4.96. The minimum Gasteiger partial charge on any atom is -0.461 e. The number of benzene rings is 1. The molecule has 0 fully saturated rings. The third-order valence-electron chi connectivity index (χ3n) is 5.00. The summed E-state index contributed by atoms with van der Waals surface area (Å²) < 4.78 is 7.26. The fourth-order valence-electron chi connectivity index (χ4n) is 3.51. The van der Waals surface area contributed by atoms with Crippen LogP contribution in [0.3, 0.4) is 0 Å². The Morgan fingerprint density at radius 1 is 1.22 bits per heavy atom. The summed E-state index contributed by atoms with van der Waals surface area (Å²) >= 11 is 0. The molecule has 1 aliphatic rings. The summed E-state index contributed by atoms with van der Waals surface area (Å²) in [7, 11) is 4.10. The Balaban J connectivity index is 1.75. The Hall–Kier alpha value is -2.18. The van der Waals surface area contributed by atoms with E-state index < -0.39 is 0 Å². The van der Waals surface area contributed by atoms with E-state index in [9.17, 15) is 4.79 Å². The molecule has 146 valence electrons. The second-order valence-corrected chi connectivity index (χ2v) is 7.28. The molecule has 27 heavy (non-hydrogen) atoms. The lowest BCUT2D eigenvalue weighted by atomic mass is 10.0. The molecule has 0 saturated heterocycles. The lowest BCUT2D eigenvalue weighted by Gasteiger charge is -2.27. The summed E-state index contributed by atoms with van der Waals surface area (Å²) in [6.07, 6.45) is 1.93. The highest BCUT2D eigenvalue weighted by Crippen LogP contribution is 2.24. The van der Waals surface area contributed by atoms with Gasteiger partial charge < -0.3 is 9.64 Å². The van der Waals surface area contributed by atoms with Crippen LogP contribution in [-0.4, -0.2) is 65.9 Å². The largest absolute Gasteiger partial charge is 0.461 e. The van der Waals surface area contributed by atoms with E-state index in [0.29, 0.717) is 12.3 Å². The molecule has 3 rings (SSSR count). The molecule has 1 aromatic heterocycles. The van der Waals surface area contributed by atoms with E-state index in [1.54, 1.807) is 0 Å². The van der Waals surface area contributed by atoms with Gasteiger partial charge in [-0.1, -0.05) is 30.3 Å². The van der Waals surface area contributed by atoms with Crippen LogP contribution in [-0.2, 0) is 30.7 Å². The van der Waals surface area contributed by atoms with Gasteiger partial charge in [0, 0.05) is 43.9 Å². The maximum Gasteiger partial charge on any atom is 0.359 e. The van der Waals surface area contributed by atoms with Crippen LogP contribution < -0.4 is 0 Å². The number of carbonyl (C=O) groups excluding carboxylic acids is 1. The summed E-state index contributed by atoms with van der Waals surface area (Å²) in [5.41, 5.74) is 4.08. The quantitative estimate of drug-likeness (QED) is 0.667. The Morgan fingerprint density at radius 3 is 2.70 bits per heavy atom. The number of likely N-dealkylation sites (N-methyl/N-ethyl adjacent to an activating group) is 1. The van der Waals surface area contributed by atoms with Crippen molar-refractivity contribution in [2.75, 3.05) is 40.3 Å². The van der Waals surface area contributed by atoms with Gasteiger partial charge in [0.25, 0.3) is 0 Å². The van der Waals surface area contributed by atoms with Gasteiger partial charge in [-0.2, -0.15) is 5.10 Å². The van der Waals surface area contributed by atoms with E-state index in [0.717, 1.165) is 51.1 Å². The van der Waals surface area contributed by atoms with Gasteiger partial charge in [-0.05, 0) is 33.0 Å². The Kier molecular flexibility index (Phi) is 6.63. The average molecular weight is 370 g/mol. The first-order chi connectivity index (χ1) is 13.1. The highest BCUT2D eigenvalue weighted by molar-refractivity contribution is 5.89. The zero-order chi connectivity index (χ0) is 19.2. The summed E-state index contributed by atoms with van der Waals surface area (Å²) in [6.45, 7) is 6.63. The average Bonchev–Trinajstić information content (AvgIpc) is 3.04. The topological polar surface area (TPSA) is 50.6 Å². The lowest BCUT2D eigenvalue weighted by molar-refractivity contribution is 0.0515. The van der Waals surface area contributed by atoms with Crippen molar-refractivity contribution < 1.29 is 9.53 Å². The number of hydrogen-bond acceptors (Lipinski definition) is 5. The summed E-state index contributed by atoms with van der Waals surface area (Å²) in [4.78, 5) is 17.0. The first kappa shape index (κ1) is 19.6. The lowest BCUT2D eigenvalue weighted by Crippen LogP contribution is -2.33. The molecule has 6 nitrogen and oxygen atoms in total. The van der Waals surface area contributed by atoms with Crippen LogP contribution in [0.2, 0.25) is 0 Å². The molecule has 2 heterocycles. The predicted molar refractivity (Wildman–Crippen MR) is 106 cm³/mol. The summed E-state index contributed by atoms with van der Waals surface area (Å²) in [6, 6.07) is 10.5. The van der Waals surface area contributed by atoms with Crippen molar-refractivity contribution in [1.82, 2.24) is 19.6 Å². The maximum atomic E-state index is 12.4. The van der Waals surface area contributed by atoms with Gasteiger partial charge >= 0.3 is 5.97 Å². The second-order valence-electron chi connectivity index (χ2n) is 7.28. The monoisotopic (exact) mass is 370 g/mol. The molecule has 0 N–H and O–H groups in total. The number of hydrogen-bond donors (Lipinski definition) is 0. The summed E-state index contributed by atoms with van der Waals surface area (Å²) in [5, 5.41) is 4.62. The molecule has 2 aromatic rings. The molecule has 0 radical (unpaired) electrons. The van der Waals surface area contributed by atoms with Crippen molar-refractivity contribution in [2.24, 2.45) is 0 Å². The summed E-state index contributed by atoms with van der Waals surface area (Å²) in [5.74, 6) is -0.303. The third-order valence-corrected chi connectivity index (χ3v) is 5.00. The first-order valence-corrected chi connectivity index (χ1v) is 9.75. The van der Waals surface area contributed by atoms with Crippen LogP contribution in [0.4, 0.5) is 0 Å². The minimum absolute atomic E-state index is 0.303. The van der Waals surface area contributed by atoms with Crippen molar-refractivity contribution in [3.63, 3.8) is 0 Å². The SMILES string of the molecule is CCOC(=O)c1nn(CCN(C)C)c2c1CN(CCc1ccccc1)CC2. The highest BCUT2D eigenvalue weighted by atomic mass is 16.5. The molecule has 0 saturated carbocycles. The second kappa shape index (κ2) is 9.15. The van der Waals surface area contributed by atoms with Crippen LogP contribution in [0.15, 0.2) is 30.3 Å². The Labute approximate surface area is 161 Å². The minimum atomic E-state index is -0.303. The highest BCUT2D eigenvalue weighted by Gasteiger charge is 2.28. The number of carbonyl (C=O) groups is 1. The number of esters is 1. The molecule has 0 bridgehead atoms. The fourth-order valence-corrected chi connectivity index (χ4v) is 3.51. The number of aromatic nitrogens is 2. The van der Waals surface area contributed by atoms with Crippen molar-refractivity contribution in [1.29, 1.82) is 0 Å². The molecule has 0 atom stereocenters. The Morgan fingerprint density at radius 2 is 2.00 bits per heavy atom. The first-order valence-electron chi connectivity index (χ1n) is 9.75. The molecule has 0 aliphatic carbocycles.